The van der Waals surface area contributed by atoms with Gasteiger partial charge in [0, 0.05) is 19.1 Å². The Balaban J connectivity index is 1.67. The lowest BCUT2D eigenvalue weighted by Crippen LogP contribution is -2.35. The first-order valence-corrected chi connectivity index (χ1v) is 6.50. The number of nitrogens with one attached hydrogen (secondary N) is 1. The Morgan fingerprint density at radius 2 is 2.42 bits per heavy atom. The van der Waals surface area contributed by atoms with Gasteiger partial charge in [-0.2, -0.15) is 4.98 Å². The molecule has 1 aliphatic rings. The van der Waals surface area contributed by atoms with Gasteiger partial charge in [-0.1, -0.05) is 19.0 Å². The van der Waals surface area contributed by atoms with Crippen molar-refractivity contribution in [2.24, 2.45) is 0 Å². The number of aromatic nitrogens is 2. The molecule has 2 rings (SSSR count). The molecule has 1 aliphatic heterocycles. The van der Waals surface area contributed by atoms with Gasteiger partial charge in [-0.3, -0.25) is 9.32 Å². The monoisotopic (exact) mass is 269 g/mol. The first-order valence-electron chi connectivity index (χ1n) is 6.50. The summed E-state index contributed by atoms with van der Waals surface area (Å²) in [5, 5.41) is 6.49. The third-order valence-electron chi connectivity index (χ3n) is 2.82. The van der Waals surface area contributed by atoms with E-state index in [4.69, 9.17) is 14.0 Å². The molecule has 106 valence electrons. The molecular formula is C12H19N3O4. The summed E-state index contributed by atoms with van der Waals surface area (Å²) in [5.41, 5.74) is 0. The van der Waals surface area contributed by atoms with E-state index in [0.717, 1.165) is 19.4 Å². The maximum Gasteiger partial charge on any atom is 0.417 e. The van der Waals surface area contributed by atoms with E-state index in [0.29, 0.717) is 12.4 Å². The third kappa shape index (κ3) is 4.20. The molecule has 1 atom stereocenters. The number of amides is 1. The Kier molecular flexibility index (Phi) is 4.73. The van der Waals surface area contributed by atoms with Crippen LogP contribution in [0.15, 0.2) is 4.52 Å². The molecule has 1 fully saturated rings. The highest BCUT2D eigenvalue weighted by atomic mass is 16.6. The molecule has 7 heteroatoms. The fourth-order valence-electron chi connectivity index (χ4n) is 1.72. The van der Waals surface area contributed by atoms with Crippen LogP contribution in [-0.2, 0) is 9.53 Å². The first-order chi connectivity index (χ1) is 9.15. The van der Waals surface area contributed by atoms with E-state index in [-0.39, 0.29) is 30.6 Å². The van der Waals surface area contributed by atoms with E-state index in [1.54, 1.807) is 0 Å². The normalized spacial score (nSPS) is 18.8. The Morgan fingerprint density at radius 3 is 3.05 bits per heavy atom. The largest absolute Gasteiger partial charge is 0.439 e. The van der Waals surface area contributed by atoms with Crippen LogP contribution >= 0.6 is 0 Å². The van der Waals surface area contributed by atoms with E-state index >= 15 is 0 Å². The average molecular weight is 269 g/mol. The van der Waals surface area contributed by atoms with Crippen molar-refractivity contribution in [2.45, 2.75) is 38.7 Å². The van der Waals surface area contributed by atoms with Crippen LogP contribution in [-0.4, -0.2) is 41.9 Å². The van der Waals surface area contributed by atoms with E-state index in [1.807, 2.05) is 13.8 Å². The zero-order chi connectivity index (χ0) is 13.7. The Hall–Kier alpha value is -1.63. The predicted molar refractivity (Wildman–Crippen MR) is 65.9 cm³/mol. The highest BCUT2D eigenvalue weighted by molar-refractivity contribution is 5.77. The second kappa shape index (κ2) is 6.51. The number of hydrogen-bond donors (Lipinski definition) is 1. The van der Waals surface area contributed by atoms with Crippen molar-refractivity contribution >= 4 is 5.91 Å². The second-order valence-corrected chi connectivity index (χ2v) is 4.80. The van der Waals surface area contributed by atoms with Gasteiger partial charge in [0.2, 0.25) is 0 Å². The van der Waals surface area contributed by atoms with Crippen molar-refractivity contribution in [2.75, 3.05) is 19.8 Å². The number of carbonyl (C=O) groups excluding carboxylic acids is 1. The van der Waals surface area contributed by atoms with E-state index in [9.17, 15) is 4.79 Å². The van der Waals surface area contributed by atoms with Crippen molar-refractivity contribution < 1.29 is 18.8 Å². The quantitative estimate of drug-likeness (QED) is 0.824. The van der Waals surface area contributed by atoms with Crippen molar-refractivity contribution in [3.05, 3.63) is 5.82 Å². The van der Waals surface area contributed by atoms with Gasteiger partial charge < -0.3 is 14.8 Å². The topological polar surface area (TPSA) is 86.5 Å². The van der Waals surface area contributed by atoms with E-state index < -0.39 is 0 Å². The van der Waals surface area contributed by atoms with Crippen LogP contribution in [0, 0.1) is 0 Å². The summed E-state index contributed by atoms with van der Waals surface area (Å²) in [6, 6.07) is 0. The van der Waals surface area contributed by atoms with Gasteiger partial charge in [0.25, 0.3) is 5.91 Å². The average Bonchev–Trinajstić information content (AvgIpc) is 3.05. The van der Waals surface area contributed by atoms with Gasteiger partial charge in [-0.25, -0.2) is 0 Å². The van der Waals surface area contributed by atoms with Gasteiger partial charge >= 0.3 is 6.08 Å². The van der Waals surface area contributed by atoms with E-state index in [1.165, 1.54) is 0 Å². The molecule has 0 aromatic carbocycles. The van der Waals surface area contributed by atoms with Gasteiger partial charge in [0.1, 0.15) is 0 Å². The summed E-state index contributed by atoms with van der Waals surface area (Å²) in [4.78, 5) is 15.5. The number of ether oxygens (including phenoxy) is 2. The predicted octanol–water partition coefficient (Wildman–Crippen LogP) is 0.867. The molecule has 2 heterocycles. The zero-order valence-electron chi connectivity index (χ0n) is 11.2. The molecule has 0 bridgehead atoms. The number of hydrogen-bond acceptors (Lipinski definition) is 6. The lowest BCUT2D eigenvalue weighted by molar-refractivity contribution is -0.124. The van der Waals surface area contributed by atoms with Crippen LogP contribution < -0.4 is 10.1 Å². The van der Waals surface area contributed by atoms with Crippen LogP contribution in [0.4, 0.5) is 0 Å². The molecule has 1 aromatic rings. The van der Waals surface area contributed by atoms with Gasteiger partial charge in [-0.05, 0) is 12.8 Å². The summed E-state index contributed by atoms with van der Waals surface area (Å²) in [7, 11) is 0. The summed E-state index contributed by atoms with van der Waals surface area (Å²) in [6.07, 6.45) is 2.19. The van der Waals surface area contributed by atoms with Crippen LogP contribution in [0.1, 0.15) is 38.4 Å². The maximum absolute atomic E-state index is 11.5. The molecule has 1 amide bonds. The molecule has 1 aromatic heterocycles. The SMILES string of the molecule is CC(C)c1noc(OCC(=O)NC[C@@H]2CCCO2)n1. The fourth-order valence-corrected chi connectivity index (χ4v) is 1.72. The second-order valence-electron chi connectivity index (χ2n) is 4.80. The Bertz CT molecular complexity index is 413. The summed E-state index contributed by atoms with van der Waals surface area (Å²) in [6.45, 7) is 5.05. The van der Waals surface area contributed by atoms with Crippen LogP contribution in [0.5, 0.6) is 6.08 Å². The zero-order valence-corrected chi connectivity index (χ0v) is 11.2. The minimum absolute atomic E-state index is 0.0240. The first kappa shape index (κ1) is 13.8. The molecule has 1 N–H and O–H groups in total. The molecule has 1 saturated heterocycles. The van der Waals surface area contributed by atoms with Crippen molar-refractivity contribution in [1.29, 1.82) is 0 Å². The van der Waals surface area contributed by atoms with Crippen molar-refractivity contribution in [3.63, 3.8) is 0 Å². The summed E-state index contributed by atoms with van der Waals surface area (Å²) in [5.74, 6) is 0.504. The van der Waals surface area contributed by atoms with Gasteiger partial charge in [0.05, 0.1) is 6.10 Å². The number of nitrogens with zero attached hydrogens (tertiary/aromatic N) is 2. The molecular weight excluding hydrogens is 250 g/mol. The molecule has 19 heavy (non-hydrogen) atoms. The standard InChI is InChI=1S/C12H19N3O4/c1-8(2)11-14-12(19-15-11)18-7-10(16)13-6-9-4-3-5-17-9/h8-9H,3-7H2,1-2H3,(H,13,16)/t9-/m0/s1. The summed E-state index contributed by atoms with van der Waals surface area (Å²) >= 11 is 0. The maximum atomic E-state index is 11.5. The third-order valence-corrected chi connectivity index (χ3v) is 2.82. The lowest BCUT2D eigenvalue weighted by Gasteiger charge is -2.10. The highest BCUT2D eigenvalue weighted by Crippen LogP contribution is 2.14. The van der Waals surface area contributed by atoms with Crippen molar-refractivity contribution in [1.82, 2.24) is 15.5 Å². The lowest BCUT2D eigenvalue weighted by atomic mass is 10.2. The Labute approximate surface area is 111 Å². The number of carbonyl (C=O) groups is 1. The van der Waals surface area contributed by atoms with Crippen LogP contribution in [0.2, 0.25) is 0 Å². The molecule has 0 radical (unpaired) electrons. The van der Waals surface area contributed by atoms with Gasteiger partial charge in [0.15, 0.2) is 12.4 Å². The minimum atomic E-state index is -0.222. The van der Waals surface area contributed by atoms with Crippen molar-refractivity contribution in [3.8, 4) is 6.08 Å². The molecule has 0 unspecified atom stereocenters. The fraction of sp³-hybridized carbons (Fsp3) is 0.750. The minimum Gasteiger partial charge on any atom is -0.439 e. The summed E-state index contributed by atoms with van der Waals surface area (Å²) < 4.78 is 15.4. The number of rotatable bonds is 6. The molecule has 7 nitrogen and oxygen atoms in total. The molecule has 0 spiro atoms. The highest BCUT2D eigenvalue weighted by Gasteiger charge is 2.17. The molecule has 0 saturated carbocycles. The van der Waals surface area contributed by atoms with Gasteiger partial charge in [-0.15, -0.1) is 0 Å². The van der Waals surface area contributed by atoms with Crippen LogP contribution in [0.3, 0.4) is 0 Å². The smallest absolute Gasteiger partial charge is 0.417 e. The van der Waals surface area contributed by atoms with E-state index in [2.05, 4.69) is 15.5 Å². The molecule has 0 aliphatic carbocycles. The Morgan fingerprint density at radius 1 is 1.58 bits per heavy atom. The van der Waals surface area contributed by atoms with Crippen LogP contribution in [0.25, 0.3) is 0 Å².